The van der Waals surface area contributed by atoms with Crippen LogP contribution in [-0.2, 0) is 11.3 Å². The lowest BCUT2D eigenvalue weighted by Gasteiger charge is -2.18. The summed E-state index contributed by atoms with van der Waals surface area (Å²) in [6, 6.07) is 6.30. The summed E-state index contributed by atoms with van der Waals surface area (Å²) in [5, 5.41) is 0. The largest absolute Gasteiger partial charge is 0.471 e. The summed E-state index contributed by atoms with van der Waals surface area (Å²) in [6.07, 6.45) is -4.83. The van der Waals surface area contributed by atoms with Crippen LogP contribution in [0.3, 0.4) is 0 Å². The van der Waals surface area contributed by atoms with Gasteiger partial charge in [0.2, 0.25) is 0 Å². The minimum Gasteiger partial charge on any atom is -0.399 e. The second-order valence-corrected chi connectivity index (χ2v) is 3.40. The number of benzene rings is 1. The molecule has 0 spiro atoms. The average molecular weight is 232 g/mol. The van der Waals surface area contributed by atoms with Crippen molar-refractivity contribution < 1.29 is 18.0 Å². The van der Waals surface area contributed by atoms with Gasteiger partial charge < -0.3 is 10.6 Å². The van der Waals surface area contributed by atoms with Crippen molar-refractivity contribution in [3.63, 3.8) is 0 Å². The molecule has 1 rings (SSSR count). The van der Waals surface area contributed by atoms with Gasteiger partial charge in [0.15, 0.2) is 0 Å². The Morgan fingerprint density at radius 1 is 1.31 bits per heavy atom. The fourth-order valence-corrected chi connectivity index (χ4v) is 1.19. The topological polar surface area (TPSA) is 46.3 Å². The van der Waals surface area contributed by atoms with Gasteiger partial charge in [0.25, 0.3) is 0 Å². The summed E-state index contributed by atoms with van der Waals surface area (Å²) >= 11 is 0. The Kier molecular flexibility index (Phi) is 3.41. The van der Waals surface area contributed by atoms with Crippen LogP contribution >= 0.6 is 0 Å². The zero-order valence-electron chi connectivity index (χ0n) is 8.58. The van der Waals surface area contributed by atoms with E-state index in [9.17, 15) is 18.0 Å². The molecule has 0 aromatic heterocycles. The van der Waals surface area contributed by atoms with Crippen LogP contribution in [0.4, 0.5) is 18.9 Å². The number of nitrogens with two attached hydrogens (primary N) is 1. The fraction of sp³-hybridized carbons (Fsp3) is 0.300. The van der Waals surface area contributed by atoms with E-state index in [0.29, 0.717) is 16.2 Å². The normalized spacial score (nSPS) is 11.2. The Balaban J connectivity index is 2.68. The lowest BCUT2D eigenvalue weighted by molar-refractivity contribution is -0.184. The summed E-state index contributed by atoms with van der Waals surface area (Å²) in [6.45, 7) is -0.0986. The van der Waals surface area contributed by atoms with Crippen LogP contribution < -0.4 is 5.73 Å². The lowest BCUT2D eigenvalue weighted by Crippen LogP contribution is -2.37. The number of hydrogen-bond acceptors (Lipinski definition) is 2. The molecule has 0 aliphatic rings. The Hall–Kier alpha value is -1.72. The van der Waals surface area contributed by atoms with Crippen LogP contribution in [0, 0.1) is 0 Å². The molecule has 0 radical (unpaired) electrons. The molecule has 0 aliphatic carbocycles. The molecular formula is C10H11F3N2O. The van der Waals surface area contributed by atoms with Gasteiger partial charge in [0, 0.05) is 19.3 Å². The van der Waals surface area contributed by atoms with Gasteiger partial charge in [-0.1, -0.05) is 12.1 Å². The summed E-state index contributed by atoms with van der Waals surface area (Å²) in [4.78, 5) is 11.4. The number of anilines is 1. The van der Waals surface area contributed by atoms with Crippen molar-refractivity contribution in [2.45, 2.75) is 12.7 Å². The maximum Gasteiger partial charge on any atom is 0.471 e. The van der Waals surface area contributed by atoms with Crippen molar-refractivity contribution in [1.82, 2.24) is 4.90 Å². The van der Waals surface area contributed by atoms with Gasteiger partial charge in [-0.25, -0.2) is 0 Å². The van der Waals surface area contributed by atoms with Gasteiger partial charge in [-0.3, -0.25) is 4.79 Å². The first-order valence-corrected chi connectivity index (χ1v) is 4.47. The molecule has 88 valence electrons. The van der Waals surface area contributed by atoms with E-state index in [1.165, 1.54) is 0 Å². The molecule has 0 aliphatic heterocycles. The molecule has 16 heavy (non-hydrogen) atoms. The molecule has 2 N–H and O–H groups in total. The van der Waals surface area contributed by atoms with E-state index in [4.69, 9.17) is 5.73 Å². The van der Waals surface area contributed by atoms with E-state index in [2.05, 4.69) is 0 Å². The van der Waals surface area contributed by atoms with E-state index in [0.717, 1.165) is 7.05 Å². The standard InChI is InChI=1S/C10H11F3N2O/c1-15(9(16)10(11,12)13)6-7-2-4-8(14)5-3-7/h2-5H,6,14H2,1H3. The van der Waals surface area contributed by atoms with Gasteiger partial charge in [-0.2, -0.15) is 13.2 Å². The number of amides is 1. The Bertz CT molecular complexity index is 373. The van der Waals surface area contributed by atoms with Crippen molar-refractivity contribution in [3.8, 4) is 0 Å². The third-order valence-corrected chi connectivity index (χ3v) is 1.99. The quantitative estimate of drug-likeness (QED) is 0.790. The highest BCUT2D eigenvalue weighted by molar-refractivity contribution is 5.81. The molecule has 0 saturated heterocycles. The highest BCUT2D eigenvalue weighted by Gasteiger charge is 2.41. The molecule has 0 atom stereocenters. The number of halogens is 3. The van der Waals surface area contributed by atoms with Gasteiger partial charge in [0.1, 0.15) is 0 Å². The maximum atomic E-state index is 12.1. The molecule has 3 nitrogen and oxygen atoms in total. The Morgan fingerprint density at radius 3 is 2.25 bits per heavy atom. The minimum atomic E-state index is -4.83. The highest BCUT2D eigenvalue weighted by atomic mass is 19.4. The monoisotopic (exact) mass is 232 g/mol. The lowest BCUT2D eigenvalue weighted by atomic mass is 10.2. The zero-order valence-corrected chi connectivity index (χ0v) is 8.58. The molecule has 0 unspecified atom stereocenters. The molecule has 0 bridgehead atoms. The fourth-order valence-electron chi connectivity index (χ4n) is 1.19. The molecule has 1 amide bonds. The van der Waals surface area contributed by atoms with Gasteiger partial charge in [-0.15, -0.1) is 0 Å². The van der Waals surface area contributed by atoms with Gasteiger partial charge in [-0.05, 0) is 17.7 Å². The third kappa shape index (κ3) is 3.15. The van der Waals surface area contributed by atoms with E-state index >= 15 is 0 Å². The number of alkyl halides is 3. The Morgan fingerprint density at radius 2 is 1.81 bits per heavy atom. The summed E-state index contributed by atoms with van der Waals surface area (Å²) in [7, 11) is 1.10. The van der Waals surface area contributed by atoms with E-state index in [1.54, 1.807) is 24.3 Å². The van der Waals surface area contributed by atoms with Crippen molar-refractivity contribution in [3.05, 3.63) is 29.8 Å². The summed E-state index contributed by atoms with van der Waals surface area (Å²) < 4.78 is 36.2. The van der Waals surface area contributed by atoms with Crippen molar-refractivity contribution in [2.24, 2.45) is 0 Å². The predicted molar refractivity (Wildman–Crippen MR) is 53.4 cm³/mol. The van der Waals surface area contributed by atoms with Crippen LogP contribution in [0.25, 0.3) is 0 Å². The number of nitrogens with zero attached hydrogens (tertiary/aromatic N) is 1. The zero-order chi connectivity index (χ0) is 12.3. The van der Waals surface area contributed by atoms with Crippen molar-refractivity contribution in [1.29, 1.82) is 0 Å². The van der Waals surface area contributed by atoms with Crippen LogP contribution in [-0.4, -0.2) is 24.0 Å². The van der Waals surface area contributed by atoms with Gasteiger partial charge >= 0.3 is 12.1 Å². The van der Waals surface area contributed by atoms with Gasteiger partial charge in [0.05, 0.1) is 0 Å². The number of carbonyl (C=O) groups is 1. The number of nitrogen functional groups attached to an aromatic ring is 1. The number of carbonyl (C=O) groups excluding carboxylic acids is 1. The minimum absolute atomic E-state index is 0.0986. The maximum absolute atomic E-state index is 12.1. The first-order chi connectivity index (χ1) is 7.30. The Labute approximate surface area is 90.6 Å². The average Bonchev–Trinajstić information content (AvgIpc) is 2.19. The molecule has 6 heteroatoms. The second-order valence-electron chi connectivity index (χ2n) is 3.40. The summed E-state index contributed by atoms with van der Waals surface area (Å²) in [5.41, 5.74) is 6.54. The number of hydrogen-bond donors (Lipinski definition) is 1. The molecule has 0 saturated carbocycles. The van der Waals surface area contributed by atoms with Crippen LogP contribution in [0.5, 0.6) is 0 Å². The predicted octanol–water partition coefficient (Wildman–Crippen LogP) is 1.79. The first kappa shape index (κ1) is 12.4. The van der Waals surface area contributed by atoms with E-state index < -0.39 is 12.1 Å². The van der Waals surface area contributed by atoms with E-state index in [-0.39, 0.29) is 6.54 Å². The smallest absolute Gasteiger partial charge is 0.399 e. The van der Waals surface area contributed by atoms with E-state index in [1.807, 2.05) is 0 Å². The molecule has 0 fully saturated rings. The molecule has 1 aromatic carbocycles. The highest BCUT2D eigenvalue weighted by Crippen LogP contribution is 2.19. The molecule has 0 heterocycles. The number of rotatable bonds is 2. The SMILES string of the molecule is CN(Cc1ccc(N)cc1)C(=O)C(F)(F)F. The second kappa shape index (κ2) is 4.42. The van der Waals surface area contributed by atoms with Crippen LogP contribution in [0.2, 0.25) is 0 Å². The van der Waals surface area contributed by atoms with Crippen LogP contribution in [0.15, 0.2) is 24.3 Å². The summed E-state index contributed by atoms with van der Waals surface area (Å²) in [5.74, 6) is -1.86. The van der Waals surface area contributed by atoms with Crippen LogP contribution in [0.1, 0.15) is 5.56 Å². The first-order valence-electron chi connectivity index (χ1n) is 4.47. The molecule has 1 aromatic rings. The third-order valence-electron chi connectivity index (χ3n) is 1.99. The molecular weight excluding hydrogens is 221 g/mol. The van der Waals surface area contributed by atoms with Crippen molar-refractivity contribution >= 4 is 11.6 Å². The van der Waals surface area contributed by atoms with Crippen molar-refractivity contribution in [2.75, 3.05) is 12.8 Å².